The number of benzene rings is 1. The van der Waals surface area contributed by atoms with Crippen LogP contribution in [0.25, 0.3) is 0 Å². The molecular formula is C27H32O12. The smallest absolute Gasteiger partial charge is 0.336 e. The van der Waals surface area contributed by atoms with Gasteiger partial charge in [-0.25, -0.2) is 14.4 Å². The first kappa shape index (κ1) is 36.2. The number of carboxylic acids is 6. The zero-order valence-corrected chi connectivity index (χ0v) is 22.0. The number of hydrogen-bond acceptors (Lipinski definition) is 6. The zero-order valence-electron chi connectivity index (χ0n) is 22.0. The van der Waals surface area contributed by atoms with Crippen LogP contribution in [0.5, 0.6) is 0 Å². The maximum atomic E-state index is 11.9. The Morgan fingerprint density at radius 2 is 0.872 bits per heavy atom. The van der Waals surface area contributed by atoms with Crippen molar-refractivity contribution in [3.05, 3.63) is 83.5 Å². The van der Waals surface area contributed by atoms with Gasteiger partial charge in [0, 0.05) is 6.92 Å². The van der Waals surface area contributed by atoms with Gasteiger partial charge in [0.1, 0.15) is 10.8 Å². The van der Waals surface area contributed by atoms with E-state index >= 15 is 0 Å². The molecule has 0 aliphatic carbocycles. The molecule has 6 N–H and O–H groups in total. The minimum absolute atomic E-state index is 0.266. The van der Waals surface area contributed by atoms with E-state index in [0.29, 0.717) is 0 Å². The predicted octanol–water partition coefficient (Wildman–Crippen LogP) is 4.30. The summed E-state index contributed by atoms with van der Waals surface area (Å²) in [5.74, 6) is -7.46. The van der Waals surface area contributed by atoms with Crippen LogP contribution in [-0.4, -0.2) is 66.5 Å². The minimum Gasteiger partial charge on any atom is -0.481 e. The Balaban J connectivity index is 0. The number of allylic oxidation sites excluding steroid dienone is 4. The summed E-state index contributed by atoms with van der Waals surface area (Å²) < 4.78 is 0. The molecule has 0 aliphatic rings. The van der Waals surface area contributed by atoms with Crippen molar-refractivity contribution in [3.63, 3.8) is 0 Å². The number of aromatic carboxylic acids is 3. The third kappa shape index (κ3) is 9.76. The molecule has 0 saturated carbocycles. The van der Waals surface area contributed by atoms with Crippen LogP contribution in [-0.2, 0) is 14.4 Å². The second-order valence-corrected chi connectivity index (χ2v) is 7.54. The second-order valence-electron chi connectivity index (χ2n) is 7.54. The summed E-state index contributed by atoms with van der Waals surface area (Å²) in [6.07, 6.45) is 11.8. The summed E-state index contributed by atoms with van der Waals surface area (Å²) in [6, 6.07) is 2.81. The van der Waals surface area contributed by atoms with Crippen LogP contribution < -0.4 is 0 Å². The molecule has 0 radical (unpaired) electrons. The fourth-order valence-electron chi connectivity index (χ4n) is 3.39. The molecular weight excluding hydrogens is 516 g/mol. The third-order valence-electron chi connectivity index (χ3n) is 4.84. The van der Waals surface area contributed by atoms with Gasteiger partial charge in [-0.1, -0.05) is 48.6 Å². The molecule has 0 saturated heterocycles. The van der Waals surface area contributed by atoms with Gasteiger partial charge < -0.3 is 30.6 Å². The molecule has 212 valence electrons. The van der Waals surface area contributed by atoms with Gasteiger partial charge in [0.2, 0.25) is 0 Å². The van der Waals surface area contributed by atoms with Crippen LogP contribution in [0.15, 0.2) is 66.8 Å². The van der Waals surface area contributed by atoms with Crippen molar-refractivity contribution in [2.24, 2.45) is 10.8 Å². The van der Waals surface area contributed by atoms with E-state index in [1.807, 2.05) is 0 Å². The zero-order chi connectivity index (χ0) is 31.0. The van der Waals surface area contributed by atoms with Gasteiger partial charge >= 0.3 is 29.8 Å². The topological polar surface area (TPSA) is 224 Å². The fraction of sp³-hybridized carbons (Fsp3) is 0.259. The lowest BCUT2D eigenvalue weighted by atomic mass is 9.62. The number of rotatable bonds is 10. The Bertz CT molecular complexity index is 1110. The summed E-state index contributed by atoms with van der Waals surface area (Å²) in [5, 5.41) is 52.7. The molecule has 1 rings (SSSR count). The van der Waals surface area contributed by atoms with Gasteiger partial charge in [-0.05, 0) is 45.9 Å². The van der Waals surface area contributed by atoms with E-state index in [-0.39, 0.29) is 5.56 Å². The standard InChI is InChI=1S/C16H22O4.C9H6O6.C2H4O2/c1-5-9-15(10-6-2,13(17)18)16(11-7-3,12-8-4)14(19)20;10-7(11)4-1-2-5(8(12)13)6(3-4)9(14)15;1-2(3)4/h5-12H,1-4H3,(H,17,18)(H,19,20);1-3H,(H,10,11)(H,12,13)(H,14,15);1H3,(H,3,4). The Hall–Kier alpha value is -5.00. The normalized spacial score (nSPS) is 14.0. The predicted molar refractivity (Wildman–Crippen MR) is 140 cm³/mol. The lowest BCUT2D eigenvalue weighted by Crippen LogP contribution is -2.48. The second kappa shape index (κ2) is 16.7. The first-order valence-corrected chi connectivity index (χ1v) is 11.1. The van der Waals surface area contributed by atoms with Crippen molar-refractivity contribution < 1.29 is 59.4 Å². The SMILES string of the molecule is CC(=O)O.CC=CC(C=CC)(C(=O)O)C(C=CC)(C=CC)C(=O)O.O=C(O)c1ccc(C(=O)O)c(C(=O)O)c1. The average molecular weight is 549 g/mol. The molecule has 1 aromatic carbocycles. The van der Waals surface area contributed by atoms with E-state index in [9.17, 15) is 34.2 Å². The summed E-state index contributed by atoms with van der Waals surface area (Å²) in [5.41, 5.74) is -4.60. The first-order chi connectivity index (χ1) is 18.0. The molecule has 39 heavy (non-hydrogen) atoms. The number of carboxylic acid groups (broad SMARTS) is 6. The largest absolute Gasteiger partial charge is 0.481 e. The van der Waals surface area contributed by atoms with Crippen molar-refractivity contribution in [1.29, 1.82) is 0 Å². The molecule has 0 unspecified atom stereocenters. The number of aliphatic carboxylic acids is 3. The lowest BCUT2D eigenvalue weighted by molar-refractivity contribution is -0.158. The van der Waals surface area contributed by atoms with Gasteiger partial charge in [-0.3, -0.25) is 14.4 Å². The Labute approximate surface area is 224 Å². The van der Waals surface area contributed by atoms with E-state index in [4.69, 9.17) is 25.2 Å². The minimum atomic E-state index is -1.68. The van der Waals surface area contributed by atoms with E-state index in [1.54, 1.807) is 52.0 Å². The van der Waals surface area contributed by atoms with Crippen LogP contribution in [0.1, 0.15) is 65.7 Å². The van der Waals surface area contributed by atoms with Crippen molar-refractivity contribution in [2.45, 2.75) is 34.6 Å². The van der Waals surface area contributed by atoms with Crippen molar-refractivity contribution in [3.8, 4) is 0 Å². The van der Waals surface area contributed by atoms with Crippen molar-refractivity contribution in [1.82, 2.24) is 0 Å². The number of hydrogen-bond donors (Lipinski definition) is 6. The molecule has 0 atom stereocenters. The van der Waals surface area contributed by atoms with Crippen molar-refractivity contribution >= 4 is 35.8 Å². The van der Waals surface area contributed by atoms with E-state index in [0.717, 1.165) is 25.1 Å². The van der Waals surface area contributed by atoms with Gasteiger partial charge in [-0.2, -0.15) is 0 Å². The Morgan fingerprint density at radius 1 is 0.564 bits per heavy atom. The molecule has 12 heteroatoms. The van der Waals surface area contributed by atoms with Crippen molar-refractivity contribution in [2.75, 3.05) is 0 Å². The van der Waals surface area contributed by atoms with Gasteiger partial charge in [-0.15, -0.1) is 0 Å². The molecule has 1 aromatic rings. The molecule has 0 amide bonds. The highest BCUT2D eigenvalue weighted by molar-refractivity contribution is 6.03. The monoisotopic (exact) mass is 548 g/mol. The summed E-state index contributed by atoms with van der Waals surface area (Å²) in [7, 11) is 0. The maximum absolute atomic E-state index is 11.9. The fourth-order valence-corrected chi connectivity index (χ4v) is 3.39. The highest BCUT2D eigenvalue weighted by Crippen LogP contribution is 2.46. The van der Waals surface area contributed by atoms with Crippen LogP contribution >= 0.6 is 0 Å². The molecule has 0 aromatic heterocycles. The summed E-state index contributed by atoms with van der Waals surface area (Å²) in [4.78, 5) is 64.5. The highest BCUT2D eigenvalue weighted by Gasteiger charge is 2.55. The molecule has 12 nitrogen and oxygen atoms in total. The Morgan fingerprint density at radius 3 is 1.08 bits per heavy atom. The molecule has 0 fully saturated rings. The van der Waals surface area contributed by atoms with Crippen LogP contribution in [0.4, 0.5) is 0 Å². The Kier molecular flexibility index (Phi) is 15.5. The number of carbonyl (C=O) groups is 6. The summed E-state index contributed by atoms with van der Waals surface area (Å²) in [6.45, 7) is 7.75. The van der Waals surface area contributed by atoms with Gasteiger partial charge in [0.15, 0.2) is 0 Å². The van der Waals surface area contributed by atoms with E-state index in [2.05, 4.69) is 0 Å². The maximum Gasteiger partial charge on any atom is 0.336 e. The quantitative estimate of drug-likeness (QED) is 0.225. The molecule has 0 aliphatic heterocycles. The third-order valence-corrected chi connectivity index (χ3v) is 4.84. The van der Waals surface area contributed by atoms with Crippen LogP contribution in [0.2, 0.25) is 0 Å². The van der Waals surface area contributed by atoms with E-state index in [1.165, 1.54) is 24.3 Å². The molecule has 0 spiro atoms. The highest BCUT2D eigenvalue weighted by atomic mass is 16.4. The first-order valence-electron chi connectivity index (χ1n) is 11.1. The van der Waals surface area contributed by atoms with Crippen LogP contribution in [0, 0.1) is 10.8 Å². The van der Waals surface area contributed by atoms with Crippen LogP contribution in [0.3, 0.4) is 0 Å². The van der Waals surface area contributed by atoms with Gasteiger partial charge in [0.05, 0.1) is 16.7 Å². The molecule has 0 heterocycles. The average Bonchev–Trinajstić information content (AvgIpc) is 2.82. The molecule has 0 bridgehead atoms. The summed E-state index contributed by atoms with van der Waals surface area (Å²) >= 11 is 0. The van der Waals surface area contributed by atoms with E-state index < -0.39 is 57.8 Å². The van der Waals surface area contributed by atoms with Gasteiger partial charge in [0.25, 0.3) is 5.97 Å². The lowest BCUT2D eigenvalue weighted by Gasteiger charge is -2.37.